The summed E-state index contributed by atoms with van der Waals surface area (Å²) in [7, 11) is 0. The summed E-state index contributed by atoms with van der Waals surface area (Å²) in [5.74, 6) is -0.808. The van der Waals surface area contributed by atoms with E-state index in [0.717, 1.165) is 33.0 Å². The van der Waals surface area contributed by atoms with Crippen LogP contribution in [0.1, 0.15) is 29.7 Å². The molecule has 1 atom stereocenters. The van der Waals surface area contributed by atoms with E-state index in [2.05, 4.69) is 6.58 Å². The fourth-order valence-corrected chi connectivity index (χ4v) is 6.89. The van der Waals surface area contributed by atoms with Crippen molar-refractivity contribution in [3.05, 3.63) is 139 Å². The minimum absolute atomic E-state index is 0.0909. The number of hydrogen-bond acceptors (Lipinski definition) is 7. The lowest BCUT2D eigenvalue weighted by molar-refractivity contribution is -0.140. The van der Waals surface area contributed by atoms with E-state index in [1.807, 2.05) is 85.1 Å². The minimum atomic E-state index is -0.772. The summed E-state index contributed by atoms with van der Waals surface area (Å²) >= 11 is 2.77. The summed E-state index contributed by atoms with van der Waals surface area (Å²) in [6.45, 7) is 5.95. The number of carbonyl (C=O) groups is 2. The molecule has 1 aromatic heterocycles. The van der Waals surface area contributed by atoms with E-state index >= 15 is 0 Å². The molecule has 42 heavy (non-hydrogen) atoms. The fraction of sp³-hybridized carbons (Fsp3) is 0.152. The smallest absolute Gasteiger partial charge is 0.338 e. The van der Waals surface area contributed by atoms with Crippen molar-refractivity contribution < 1.29 is 14.3 Å². The van der Waals surface area contributed by atoms with Crippen molar-refractivity contribution in [1.82, 2.24) is 4.57 Å². The topological polar surface area (TPSA) is 81.0 Å². The van der Waals surface area contributed by atoms with Crippen LogP contribution in [0.15, 0.2) is 117 Å². The van der Waals surface area contributed by atoms with E-state index < -0.39 is 12.0 Å². The molecule has 3 heterocycles. The van der Waals surface area contributed by atoms with Crippen LogP contribution in [0.2, 0.25) is 0 Å². The minimum Gasteiger partial charge on any atom is -0.457 e. The highest BCUT2D eigenvalue weighted by molar-refractivity contribution is 7.98. The number of thiazole rings is 1. The number of fused-ring (bicyclic) bond motifs is 2. The van der Waals surface area contributed by atoms with Crippen molar-refractivity contribution >= 4 is 46.2 Å². The number of hydrogen-bond donors (Lipinski definition) is 0. The molecule has 4 aromatic rings. The molecule has 2 aliphatic rings. The van der Waals surface area contributed by atoms with Crippen LogP contribution in [0.3, 0.4) is 0 Å². The molecule has 0 saturated carbocycles. The summed E-state index contributed by atoms with van der Waals surface area (Å²) in [4.78, 5) is 49.5. The van der Waals surface area contributed by atoms with E-state index in [1.165, 1.54) is 4.57 Å². The maximum atomic E-state index is 14.3. The third-order valence-corrected chi connectivity index (χ3v) is 9.12. The molecule has 0 aliphatic carbocycles. The van der Waals surface area contributed by atoms with Gasteiger partial charge < -0.3 is 9.64 Å². The Hall–Kier alpha value is -4.47. The number of rotatable bonds is 7. The third-order valence-electron chi connectivity index (χ3n) is 7.32. The molecule has 3 aromatic carbocycles. The Morgan fingerprint density at radius 1 is 1.05 bits per heavy atom. The van der Waals surface area contributed by atoms with E-state index in [0.29, 0.717) is 33.8 Å². The van der Waals surface area contributed by atoms with Gasteiger partial charge in [-0.15, -0.1) is 18.3 Å². The van der Waals surface area contributed by atoms with Gasteiger partial charge in [0.1, 0.15) is 11.1 Å². The second-order valence-electron chi connectivity index (χ2n) is 9.83. The van der Waals surface area contributed by atoms with Crippen LogP contribution < -0.4 is 19.8 Å². The summed E-state index contributed by atoms with van der Waals surface area (Å²) in [5.41, 5.74) is 3.74. The average Bonchev–Trinajstić information content (AvgIpc) is 3.48. The lowest BCUT2D eigenvalue weighted by Gasteiger charge is -2.25. The zero-order chi connectivity index (χ0) is 29.4. The highest BCUT2D eigenvalue weighted by Gasteiger charge is 2.37. The first kappa shape index (κ1) is 27.7. The van der Waals surface area contributed by atoms with E-state index in [1.54, 1.807) is 29.7 Å². The van der Waals surface area contributed by atoms with Crippen LogP contribution in [0.4, 0.5) is 5.69 Å². The number of aromatic nitrogens is 1. The molecule has 0 spiro atoms. The highest BCUT2D eigenvalue weighted by Crippen LogP contribution is 2.36. The second kappa shape index (κ2) is 11.4. The van der Waals surface area contributed by atoms with Gasteiger partial charge in [0.05, 0.1) is 28.6 Å². The van der Waals surface area contributed by atoms with Crippen molar-refractivity contribution in [2.45, 2.75) is 24.5 Å². The number of para-hydroxylation sites is 1. The van der Waals surface area contributed by atoms with Crippen LogP contribution >= 0.6 is 23.1 Å². The first-order valence-corrected chi connectivity index (χ1v) is 15.4. The fourth-order valence-electron chi connectivity index (χ4n) is 5.35. The lowest BCUT2D eigenvalue weighted by atomic mass is 9.96. The molecule has 0 bridgehead atoms. The van der Waals surface area contributed by atoms with E-state index in [9.17, 15) is 14.4 Å². The maximum Gasteiger partial charge on any atom is 0.338 e. The number of carbonyl (C=O) groups excluding carboxylic acids is 2. The number of anilines is 1. The Morgan fingerprint density at radius 3 is 2.48 bits per heavy atom. The zero-order valence-corrected chi connectivity index (χ0v) is 24.7. The SMILES string of the molecule is C=CCN1C(=O)C(=c2sc3n(c2=O)C(c2ccc(SC)cc2)C(C(=O)OCc2ccccc2)=C(C)N=3)c2ccccc21. The highest BCUT2D eigenvalue weighted by atomic mass is 32.2. The number of nitrogens with zero attached hydrogens (tertiary/aromatic N) is 3. The van der Waals surface area contributed by atoms with E-state index in [4.69, 9.17) is 9.73 Å². The van der Waals surface area contributed by atoms with Gasteiger partial charge in [-0.25, -0.2) is 9.79 Å². The molecule has 2 aliphatic heterocycles. The van der Waals surface area contributed by atoms with Gasteiger partial charge in [-0.2, -0.15) is 0 Å². The Balaban J connectivity index is 1.53. The van der Waals surface area contributed by atoms with Crippen molar-refractivity contribution in [2.24, 2.45) is 4.99 Å². The molecular weight excluding hydrogens is 567 g/mol. The number of thioether (sulfide) groups is 1. The van der Waals surface area contributed by atoms with Gasteiger partial charge in [0, 0.05) is 17.0 Å². The van der Waals surface area contributed by atoms with Gasteiger partial charge in [0.15, 0.2) is 4.80 Å². The molecule has 9 heteroatoms. The average molecular weight is 594 g/mol. The summed E-state index contributed by atoms with van der Waals surface area (Å²) in [5, 5.41) is 0. The first-order valence-electron chi connectivity index (χ1n) is 13.3. The molecule has 0 fully saturated rings. The quantitative estimate of drug-likeness (QED) is 0.178. The largest absolute Gasteiger partial charge is 0.457 e. The predicted molar refractivity (Wildman–Crippen MR) is 166 cm³/mol. The van der Waals surface area contributed by atoms with Crippen LogP contribution in [-0.4, -0.2) is 29.2 Å². The van der Waals surface area contributed by atoms with Crippen molar-refractivity contribution in [1.29, 1.82) is 0 Å². The number of amides is 1. The molecule has 0 N–H and O–H groups in total. The number of allylic oxidation sites excluding steroid dienone is 1. The molecular formula is C33H27N3O4S2. The zero-order valence-electron chi connectivity index (χ0n) is 23.1. The van der Waals surface area contributed by atoms with Gasteiger partial charge in [-0.1, -0.05) is 78.1 Å². The molecule has 6 rings (SSSR count). The first-order chi connectivity index (χ1) is 20.4. The Bertz CT molecular complexity index is 1940. The second-order valence-corrected chi connectivity index (χ2v) is 11.7. The van der Waals surface area contributed by atoms with Gasteiger partial charge in [0.2, 0.25) is 0 Å². The Labute approximate surface area is 250 Å². The van der Waals surface area contributed by atoms with Gasteiger partial charge in [-0.05, 0) is 42.5 Å². The standard InChI is InChI=1S/C33H27N3O4S2/c1-4-18-35-25-13-9-8-12-24(25)27(30(35)37)29-31(38)36-28(22-14-16-23(41-3)17-15-22)26(20(2)34-33(36)42-29)32(39)40-19-21-10-6-5-7-11-21/h4-17,28H,1,18-19H2,2-3H3. The maximum absolute atomic E-state index is 14.3. The molecule has 0 radical (unpaired) electrons. The third kappa shape index (κ3) is 4.74. The van der Waals surface area contributed by atoms with Crippen molar-refractivity contribution in [3.8, 4) is 0 Å². The van der Waals surface area contributed by atoms with Gasteiger partial charge in [0.25, 0.3) is 11.5 Å². The number of benzene rings is 3. The van der Waals surface area contributed by atoms with Crippen LogP contribution in [0.5, 0.6) is 0 Å². The van der Waals surface area contributed by atoms with Gasteiger partial charge in [-0.3, -0.25) is 14.2 Å². The number of ether oxygens (including phenoxy) is 1. The Morgan fingerprint density at radius 2 is 1.76 bits per heavy atom. The van der Waals surface area contributed by atoms with E-state index in [-0.39, 0.29) is 22.6 Å². The normalized spacial score (nSPS) is 17.0. The monoisotopic (exact) mass is 593 g/mol. The van der Waals surface area contributed by atoms with Gasteiger partial charge >= 0.3 is 5.97 Å². The summed E-state index contributed by atoms with van der Waals surface area (Å²) < 4.78 is 7.57. The summed E-state index contributed by atoms with van der Waals surface area (Å²) in [6, 6.07) is 23.8. The number of esters is 1. The molecule has 1 unspecified atom stereocenters. The predicted octanol–water partition coefficient (Wildman–Crippen LogP) is 4.60. The molecule has 210 valence electrons. The molecule has 0 saturated heterocycles. The molecule has 1 amide bonds. The van der Waals surface area contributed by atoms with Crippen molar-refractivity contribution in [2.75, 3.05) is 17.7 Å². The summed E-state index contributed by atoms with van der Waals surface area (Å²) in [6.07, 6.45) is 3.65. The van der Waals surface area contributed by atoms with Crippen LogP contribution in [0.25, 0.3) is 5.57 Å². The lowest BCUT2D eigenvalue weighted by Crippen LogP contribution is -2.41. The van der Waals surface area contributed by atoms with Crippen LogP contribution in [0, 0.1) is 0 Å². The van der Waals surface area contributed by atoms with Crippen molar-refractivity contribution in [3.63, 3.8) is 0 Å². The van der Waals surface area contributed by atoms with Crippen LogP contribution in [-0.2, 0) is 20.9 Å². The Kier molecular flexibility index (Phi) is 7.53. The molecule has 7 nitrogen and oxygen atoms in total.